The lowest BCUT2D eigenvalue weighted by atomic mass is 9.99. The van der Waals surface area contributed by atoms with E-state index in [9.17, 15) is 19.2 Å². The molecule has 0 bridgehead atoms. The van der Waals surface area contributed by atoms with Gasteiger partial charge in [0.25, 0.3) is 11.8 Å². The summed E-state index contributed by atoms with van der Waals surface area (Å²) in [6.07, 6.45) is 11.7. The highest BCUT2D eigenvalue weighted by molar-refractivity contribution is 6.06. The number of likely N-dealkylation sites (tertiary alicyclic amines) is 2. The van der Waals surface area contributed by atoms with Gasteiger partial charge in [-0.3, -0.25) is 34.1 Å². The maximum atomic E-state index is 14.6. The quantitative estimate of drug-likeness (QED) is 0.220. The van der Waals surface area contributed by atoms with Crippen LogP contribution < -0.4 is 10.2 Å². The normalized spacial score (nSPS) is 17.4. The number of allylic oxidation sites excluding steroid dienone is 2. The van der Waals surface area contributed by atoms with Gasteiger partial charge in [-0.15, -0.1) is 0 Å². The molecule has 0 aliphatic carbocycles. The summed E-state index contributed by atoms with van der Waals surface area (Å²) >= 11 is 0. The Hall–Kier alpha value is -5.64. The molecule has 0 spiro atoms. The van der Waals surface area contributed by atoms with Crippen molar-refractivity contribution in [2.24, 2.45) is 4.99 Å². The van der Waals surface area contributed by atoms with Gasteiger partial charge >= 0.3 is 0 Å². The van der Waals surface area contributed by atoms with Crippen molar-refractivity contribution in [2.75, 3.05) is 24.5 Å². The third-order valence-corrected chi connectivity index (χ3v) is 9.01. The lowest BCUT2D eigenvalue weighted by molar-refractivity contribution is -0.135. The number of hydrogen-bond acceptors (Lipinski definition) is 6. The van der Waals surface area contributed by atoms with E-state index in [0.717, 1.165) is 11.1 Å². The van der Waals surface area contributed by atoms with E-state index in [1.54, 1.807) is 47.8 Å². The van der Waals surface area contributed by atoms with E-state index < -0.39 is 12.1 Å². The van der Waals surface area contributed by atoms with Crippen molar-refractivity contribution < 1.29 is 19.2 Å². The Labute approximate surface area is 287 Å². The summed E-state index contributed by atoms with van der Waals surface area (Å²) in [6.45, 7) is 10.6. The van der Waals surface area contributed by atoms with Crippen LogP contribution in [0.3, 0.4) is 0 Å². The molecule has 1 N–H and O–H groups in total. The number of benzene rings is 2. The second kappa shape index (κ2) is 16.5. The molecule has 49 heavy (non-hydrogen) atoms. The van der Waals surface area contributed by atoms with Gasteiger partial charge in [0.05, 0.1) is 0 Å². The minimum Gasteiger partial charge on any atom is -0.351 e. The zero-order valence-corrected chi connectivity index (χ0v) is 27.8. The fourth-order valence-corrected chi connectivity index (χ4v) is 6.39. The highest BCUT2D eigenvalue weighted by atomic mass is 16.2. The van der Waals surface area contributed by atoms with Gasteiger partial charge in [-0.05, 0) is 86.2 Å². The highest BCUT2D eigenvalue weighted by Crippen LogP contribution is 2.33. The zero-order valence-electron chi connectivity index (χ0n) is 27.8. The maximum absolute atomic E-state index is 14.6. The van der Waals surface area contributed by atoms with Gasteiger partial charge in [-0.2, -0.15) is 0 Å². The summed E-state index contributed by atoms with van der Waals surface area (Å²) in [5.74, 6) is -1.09. The van der Waals surface area contributed by atoms with Crippen LogP contribution >= 0.6 is 0 Å². The molecule has 10 nitrogen and oxygen atoms in total. The van der Waals surface area contributed by atoms with Gasteiger partial charge in [-0.25, -0.2) is 0 Å². The summed E-state index contributed by atoms with van der Waals surface area (Å²) < 4.78 is 0. The Balaban J connectivity index is 1.46. The van der Waals surface area contributed by atoms with Crippen molar-refractivity contribution in [1.29, 1.82) is 0 Å². The first-order chi connectivity index (χ1) is 23.8. The smallest absolute Gasteiger partial charge is 0.253 e. The number of piperidine rings is 1. The van der Waals surface area contributed by atoms with E-state index in [-0.39, 0.29) is 29.7 Å². The van der Waals surface area contributed by atoms with Crippen LogP contribution in [-0.2, 0) is 14.4 Å². The SMILES string of the molecule is C=C/N=C\C=C(/C)c1ccc(N(C(=O)C2CCCN2C(=O)C=C)C(C(=O)NC2CCN(C(=O)c3ccccc3)CC2)c2cccnc2)cc1. The Morgan fingerprint density at radius 3 is 2.33 bits per heavy atom. The largest absolute Gasteiger partial charge is 0.351 e. The van der Waals surface area contributed by atoms with Crippen LogP contribution in [0.1, 0.15) is 60.1 Å². The number of carbonyl (C=O) groups is 4. The van der Waals surface area contributed by atoms with E-state index >= 15 is 0 Å². The molecule has 1 aromatic heterocycles. The fraction of sp³-hybridized carbons (Fsp3) is 0.282. The monoisotopic (exact) mass is 658 g/mol. The first kappa shape index (κ1) is 34.7. The number of hydrogen-bond donors (Lipinski definition) is 1. The van der Waals surface area contributed by atoms with Crippen LogP contribution in [0.2, 0.25) is 0 Å². The zero-order chi connectivity index (χ0) is 34.8. The predicted octanol–water partition coefficient (Wildman–Crippen LogP) is 5.37. The molecular formula is C39H42N6O4. The van der Waals surface area contributed by atoms with Crippen molar-refractivity contribution in [1.82, 2.24) is 20.1 Å². The van der Waals surface area contributed by atoms with Crippen LogP contribution in [0.4, 0.5) is 5.69 Å². The standard InChI is InChI=1S/C39H42N6O4/c1-4-35(46)44-24-10-14-34(44)39(49)45(33-17-15-29(16-18-33)28(3)19-23-40-5-2)36(31-13-9-22-41-27-31)37(47)42-32-20-25-43(26-21-32)38(48)30-11-7-6-8-12-30/h4-9,11-13,15-19,22-23,27,32,34,36H,1-2,10,14,20-21,24-26H2,3H3,(H,42,47)/b28-19+,40-23-. The summed E-state index contributed by atoms with van der Waals surface area (Å²) in [7, 11) is 0. The third kappa shape index (κ3) is 8.27. The molecule has 0 radical (unpaired) electrons. The lowest BCUT2D eigenvalue weighted by Gasteiger charge is -2.37. The number of nitrogens with one attached hydrogen (secondary N) is 1. The van der Waals surface area contributed by atoms with E-state index in [0.29, 0.717) is 62.1 Å². The van der Waals surface area contributed by atoms with Crippen molar-refractivity contribution >= 4 is 41.1 Å². The predicted molar refractivity (Wildman–Crippen MR) is 192 cm³/mol. The number of carbonyl (C=O) groups excluding carboxylic acids is 4. The molecule has 2 aliphatic rings. The van der Waals surface area contributed by atoms with Crippen molar-refractivity contribution in [3.63, 3.8) is 0 Å². The molecular weight excluding hydrogens is 616 g/mol. The first-order valence-corrected chi connectivity index (χ1v) is 16.5. The molecule has 5 rings (SSSR count). The average Bonchev–Trinajstić information content (AvgIpc) is 3.64. The molecule has 10 heteroatoms. The number of anilines is 1. The molecule has 3 heterocycles. The number of aromatic nitrogens is 1. The minimum absolute atomic E-state index is 0.0351. The van der Waals surface area contributed by atoms with E-state index in [1.165, 1.54) is 22.1 Å². The first-order valence-electron chi connectivity index (χ1n) is 16.5. The van der Waals surface area contributed by atoms with Crippen LogP contribution in [-0.4, -0.2) is 76.3 Å². The number of pyridine rings is 1. The molecule has 2 unspecified atom stereocenters. The van der Waals surface area contributed by atoms with Crippen molar-refractivity contribution in [3.05, 3.63) is 127 Å². The number of aliphatic imine (C=N–C) groups is 1. The van der Waals surface area contributed by atoms with Crippen LogP contribution in [0.25, 0.3) is 5.57 Å². The Bertz CT molecular complexity index is 1710. The van der Waals surface area contributed by atoms with Crippen LogP contribution in [0.5, 0.6) is 0 Å². The summed E-state index contributed by atoms with van der Waals surface area (Å²) in [4.78, 5) is 68.1. The Morgan fingerprint density at radius 2 is 1.67 bits per heavy atom. The molecule has 0 saturated carbocycles. The molecule has 2 saturated heterocycles. The Kier molecular flexibility index (Phi) is 11.6. The maximum Gasteiger partial charge on any atom is 0.253 e. The molecule has 3 aromatic rings. The van der Waals surface area contributed by atoms with Gasteiger partial charge in [0, 0.05) is 67.3 Å². The average molecular weight is 659 g/mol. The molecule has 4 amide bonds. The number of nitrogens with zero attached hydrogens (tertiary/aromatic N) is 5. The second-order valence-corrected chi connectivity index (χ2v) is 12.1. The third-order valence-electron chi connectivity index (χ3n) is 9.01. The van der Waals surface area contributed by atoms with Gasteiger partial charge in [0.2, 0.25) is 11.8 Å². The number of rotatable bonds is 11. The van der Waals surface area contributed by atoms with E-state index in [4.69, 9.17) is 0 Å². The molecule has 2 aliphatic heterocycles. The topological polar surface area (TPSA) is 115 Å². The molecule has 2 atom stereocenters. The van der Waals surface area contributed by atoms with E-state index in [2.05, 4.69) is 28.5 Å². The fourth-order valence-electron chi connectivity index (χ4n) is 6.39. The summed E-state index contributed by atoms with van der Waals surface area (Å²) in [5, 5.41) is 3.19. The van der Waals surface area contributed by atoms with Gasteiger partial charge in [0.15, 0.2) is 0 Å². The number of amides is 4. The lowest BCUT2D eigenvalue weighted by Crippen LogP contribution is -2.54. The Morgan fingerprint density at radius 1 is 0.939 bits per heavy atom. The van der Waals surface area contributed by atoms with Gasteiger partial charge < -0.3 is 15.1 Å². The molecule has 2 aromatic carbocycles. The van der Waals surface area contributed by atoms with E-state index in [1.807, 2.05) is 55.5 Å². The summed E-state index contributed by atoms with van der Waals surface area (Å²) in [5.41, 5.74) is 3.53. The summed E-state index contributed by atoms with van der Waals surface area (Å²) in [6, 6.07) is 18.0. The highest BCUT2D eigenvalue weighted by Gasteiger charge is 2.42. The van der Waals surface area contributed by atoms with Gasteiger partial charge in [-0.1, -0.05) is 49.6 Å². The van der Waals surface area contributed by atoms with Crippen LogP contribution in [0.15, 0.2) is 116 Å². The minimum atomic E-state index is -1.08. The van der Waals surface area contributed by atoms with Crippen molar-refractivity contribution in [3.8, 4) is 0 Å². The van der Waals surface area contributed by atoms with Gasteiger partial charge in [0.1, 0.15) is 12.1 Å². The molecule has 252 valence electrons. The molecule has 2 fully saturated rings. The van der Waals surface area contributed by atoms with Crippen LogP contribution in [0, 0.1) is 0 Å². The van der Waals surface area contributed by atoms with Crippen molar-refractivity contribution in [2.45, 2.75) is 50.7 Å². The second-order valence-electron chi connectivity index (χ2n) is 12.1.